The highest BCUT2D eigenvalue weighted by atomic mass is 35.5. The Morgan fingerprint density at radius 2 is 1.56 bits per heavy atom. The van der Waals surface area contributed by atoms with Gasteiger partial charge in [0.05, 0.1) is 35.0 Å². The zero-order chi connectivity index (χ0) is 50.6. The summed E-state index contributed by atoms with van der Waals surface area (Å²) in [7, 11) is 6.40. The van der Waals surface area contributed by atoms with Crippen molar-refractivity contribution in [3.63, 3.8) is 0 Å². The Bertz CT molecular complexity index is 2700. The number of hydrogen-bond acceptors (Lipinski definition) is 11. The molecule has 5 aromatic rings. The van der Waals surface area contributed by atoms with Gasteiger partial charge in [-0.1, -0.05) is 90.3 Å². The van der Waals surface area contributed by atoms with E-state index in [0.717, 1.165) is 80.3 Å². The molecule has 1 aliphatic carbocycles. The molecule has 6 heterocycles. The van der Waals surface area contributed by atoms with Gasteiger partial charge in [0, 0.05) is 96.7 Å². The molecule has 4 aromatic carbocycles. The van der Waals surface area contributed by atoms with Crippen molar-refractivity contribution in [3.05, 3.63) is 136 Å². The Balaban J connectivity index is 0.990. The normalized spacial score (nSPS) is 33.0. The number of benzene rings is 4. The molecule has 5 aliphatic heterocycles. The van der Waals surface area contributed by atoms with Crippen LogP contribution in [-0.4, -0.2) is 142 Å². The van der Waals surface area contributed by atoms with Crippen molar-refractivity contribution >= 4 is 29.0 Å². The number of ether oxygens (including phenoxy) is 2. The van der Waals surface area contributed by atoms with Crippen molar-refractivity contribution in [2.24, 2.45) is 16.7 Å². The fourth-order valence-corrected chi connectivity index (χ4v) is 15.7. The molecule has 73 heavy (non-hydrogen) atoms. The molecule has 11 rings (SSSR count). The highest BCUT2D eigenvalue weighted by Gasteiger charge is 2.77. The molecular formula is C59H75Cl2N9O3. The third-order valence-electron chi connectivity index (χ3n) is 18.7. The van der Waals surface area contributed by atoms with Crippen LogP contribution in [0.25, 0.3) is 5.69 Å². The minimum atomic E-state index is -0.777. The summed E-state index contributed by atoms with van der Waals surface area (Å²) in [5.41, 5.74) is 4.01. The average molecular weight is 1030 g/mol. The minimum absolute atomic E-state index is 0.00177. The van der Waals surface area contributed by atoms with Crippen LogP contribution in [0.2, 0.25) is 10.0 Å². The van der Waals surface area contributed by atoms with Crippen LogP contribution < -0.4 is 15.4 Å². The molecule has 388 valence electrons. The van der Waals surface area contributed by atoms with Crippen LogP contribution in [0, 0.1) is 16.7 Å². The molecule has 2 bridgehead atoms. The molecule has 5 saturated heterocycles. The Morgan fingerprint density at radius 1 is 0.822 bits per heavy atom. The highest BCUT2D eigenvalue weighted by molar-refractivity contribution is 6.31. The largest absolute Gasteiger partial charge is 0.457 e. The second kappa shape index (κ2) is 21.1. The number of likely N-dealkylation sites (N-methyl/N-ethyl adjacent to an activating group) is 2. The lowest BCUT2D eigenvalue weighted by atomic mass is 9.54. The minimum Gasteiger partial charge on any atom is -0.457 e. The number of rotatable bonds is 14. The first-order chi connectivity index (χ1) is 35.4. The van der Waals surface area contributed by atoms with Crippen molar-refractivity contribution < 1.29 is 14.3 Å². The van der Waals surface area contributed by atoms with E-state index in [1.54, 1.807) is 7.11 Å². The summed E-state index contributed by atoms with van der Waals surface area (Å²) in [5.74, 6) is 2.08. The molecule has 2 N–H and O–H groups in total. The fourth-order valence-electron chi connectivity index (χ4n) is 15.4. The first kappa shape index (κ1) is 50.9. The number of aromatic nitrogens is 3. The van der Waals surface area contributed by atoms with Crippen LogP contribution in [0.15, 0.2) is 103 Å². The van der Waals surface area contributed by atoms with E-state index in [0.29, 0.717) is 35.5 Å². The average Bonchev–Trinajstić information content (AvgIpc) is 4.10. The lowest BCUT2D eigenvalue weighted by molar-refractivity contribution is -0.154. The van der Waals surface area contributed by atoms with Crippen LogP contribution in [-0.2, 0) is 35.5 Å². The predicted molar refractivity (Wildman–Crippen MR) is 290 cm³/mol. The smallest absolute Gasteiger partial charge is 0.153 e. The second-order valence-electron chi connectivity index (χ2n) is 22.6. The second-order valence-corrected chi connectivity index (χ2v) is 23.4. The van der Waals surface area contributed by atoms with Gasteiger partial charge in [0.2, 0.25) is 0 Å². The van der Waals surface area contributed by atoms with Crippen molar-refractivity contribution in [3.8, 4) is 17.2 Å². The highest BCUT2D eigenvalue weighted by Crippen LogP contribution is 2.63. The van der Waals surface area contributed by atoms with Gasteiger partial charge in [0.1, 0.15) is 11.5 Å². The molecule has 0 amide bonds. The number of hydrogen-bond donors (Lipinski definition) is 2. The quantitative estimate of drug-likeness (QED) is 0.111. The number of carbonyl (C=O) groups is 1. The van der Waals surface area contributed by atoms with Crippen LogP contribution in [0.3, 0.4) is 0 Å². The molecule has 0 radical (unpaired) electrons. The third kappa shape index (κ3) is 9.18. The number of nitrogens with one attached hydrogen (secondary N) is 2. The van der Waals surface area contributed by atoms with Crippen LogP contribution in [0.4, 0.5) is 0 Å². The van der Waals surface area contributed by atoms with Crippen molar-refractivity contribution in [1.29, 1.82) is 0 Å². The zero-order valence-electron chi connectivity index (χ0n) is 43.6. The number of likely N-dealkylation sites (tertiary alicyclic amines) is 3. The summed E-state index contributed by atoms with van der Waals surface area (Å²) < 4.78 is 14.9. The Morgan fingerprint density at radius 3 is 2.30 bits per heavy atom. The lowest BCUT2D eigenvalue weighted by Crippen LogP contribution is -2.73. The van der Waals surface area contributed by atoms with E-state index in [-0.39, 0.29) is 60.3 Å². The Kier molecular flexibility index (Phi) is 14.7. The van der Waals surface area contributed by atoms with E-state index < -0.39 is 10.8 Å². The monoisotopic (exact) mass is 1030 g/mol. The first-order valence-electron chi connectivity index (χ1n) is 27.1. The predicted octanol–water partition coefficient (Wildman–Crippen LogP) is 9.10. The fraction of sp³-hybridized carbons (Fsp3) is 0.542. The maximum absolute atomic E-state index is 17.5. The summed E-state index contributed by atoms with van der Waals surface area (Å²) in [6.07, 6.45) is 10.1. The number of carbonyl (C=O) groups excluding carboxylic acids is 1. The summed E-state index contributed by atoms with van der Waals surface area (Å²) in [6, 6.07) is 33.2. The number of ketones is 1. The van der Waals surface area contributed by atoms with Crippen LogP contribution in [0.1, 0.15) is 81.7 Å². The molecule has 6 fully saturated rings. The van der Waals surface area contributed by atoms with Gasteiger partial charge in [0.15, 0.2) is 5.78 Å². The molecule has 7 unspecified atom stereocenters. The van der Waals surface area contributed by atoms with E-state index in [4.69, 9.17) is 32.7 Å². The molecular weight excluding hydrogens is 954 g/mol. The Hall–Kier alpha value is -4.21. The van der Waals surface area contributed by atoms with E-state index >= 15 is 4.79 Å². The molecule has 1 spiro atoms. The number of methoxy groups -OCH3 is 1. The van der Waals surface area contributed by atoms with E-state index in [2.05, 4.69) is 124 Å². The molecule has 12 nitrogen and oxygen atoms in total. The summed E-state index contributed by atoms with van der Waals surface area (Å²) in [5, 5.41) is 18.8. The topological polar surface area (TPSA) is 103 Å². The van der Waals surface area contributed by atoms with Gasteiger partial charge in [-0.2, -0.15) is 0 Å². The first-order valence-corrected chi connectivity index (χ1v) is 27.9. The number of nitrogens with zero attached hydrogens (tertiary/aromatic N) is 7. The summed E-state index contributed by atoms with van der Waals surface area (Å²) >= 11 is 13.3. The SMILES string of the molecule is CCC12C(=O)C34C5C[C@H](Cc6ccc(Cl)cc6)N(C)C3[C@@H](COC)NC4[C@H](C)N(Cc3ccc(Cl)cc3Oc3ccc(-n4cc(CN6CCCCC6)nn4)cc3)C1C[C@@H](Cc1ccccc1)C2N(C)[C@@H](C)CN5. The van der Waals surface area contributed by atoms with Gasteiger partial charge in [-0.05, 0) is 152 Å². The molecule has 6 aliphatic rings. The summed E-state index contributed by atoms with van der Waals surface area (Å²) in [4.78, 5) is 27.9. The maximum Gasteiger partial charge on any atom is 0.153 e. The van der Waals surface area contributed by atoms with Crippen molar-refractivity contribution in [2.75, 3.05) is 47.4 Å². The van der Waals surface area contributed by atoms with Gasteiger partial charge in [-0.25, -0.2) is 4.68 Å². The third-order valence-corrected chi connectivity index (χ3v) is 19.2. The van der Waals surface area contributed by atoms with E-state index in [9.17, 15) is 0 Å². The van der Waals surface area contributed by atoms with E-state index in [1.165, 1.54) is 30.4 Å². The van der Waals surface area contributed by atoms with E-state index in [1.807, 2.05) is 59.4 Å². The van der Waals surface area contributed by atoms with Gasteiger partial charge in [-0.15, -0.1) is 5.10 Å². The lowest BCUT2D eigenvalue weighted by Gasteiger charge is -2.57. The number of Topliss-reactive ketones (excluding diaryl/α,β-unsaturated/α-hetero) is 1. The Labute approximate surface area is 443 Å². The van der Waals surface area contributed by atoms with Gasteiger partial charge in [-0.3, -0.25) is 24.4 Å². The molecule has 12 atom stereocenters. The van der Waals surface area contributed by atoms with Crippen molar-refractivity contribution in [1.82, 2.24) is 45.2 Å². The maximum atomic E-state index is 17.5. The van der Waals surface area contributed by atoms with Gasteiger partial charge < -0.3 is 20.1 Å². The van der Waals surface area contributed by atoms with Crippen molar-refractivity contribution in [2.45, 2.75) is 140 Å². The molecule has 1 aromatic heterocycles. The van der Waals surface area contributed by atoms with Gasteiger partial charge in [0.25, 0.3) is 0 Å². The summed E-state index contributed by atoms with van der Waals surface area (Å²) in [6.45, 7) is 12.0. The number of halogens is 2. The van der Waals surface area contributed by atoms with Crippen LogP contribution in [0.5, 0.6) is 11.5 Å². The van der Waals surface area contributed by atoms with Gasteiger partial charge >= 0.3 is 0 Å². The standard InChI is InChI=1S/C59H75Cl2N9O3/c1-7-58-53-30-43(28-40-14-10-8-11-15-40)55(58)66(4)38(2)33-62-52-32-48(29-41-16-19-44(60)20-17-41)67(5)56-50(37-72-6)63-54(59(52,56)57(58)71)39(3)69(53)34-42-18-21-45(61)31-51(42)73-49-24-22-47(23-25-49)70-36-46(64-65-70)35-68-26-12-9-13-27-68/h8,10-11,14-25,31,36,38-39,43,48,50,52-56,62-63H,7,9,12-13,26-30,32-35,37H2,1-6H3/t38-,39-,43+,48-,50+,52?,53?,54?,55?,56?,58?,59?/m0/s1. The zero-order valence-corrected chi connectivity index (χ0v) is 45.1. The molecule has 14 heteroatoms. The molecule has 1 saturated carbocycles. The number of piperidine rings is 2. The van der Waals surface area contributed by atoms with Crippen LogP contribution >= 0.6 is 23.2 Å².